The number of hydrazone groups is 1. The number of alkyl halides is 3. The summed E-state index contributed by atoms with van der Waals surface area (Å²) < 4.78 is 45.6. The average Bonchev–Trinajstić information content (AvgIpc) is 3.01. The number of furan rings is 1. The Morgan fingerprint density at radius 3 is 2.77 bits per heavy atom. The molecule has 1 N–H and O–H groups in total. The second-order valence-corrected chi connectivity index (χ2v) is 5.64. The molecular weight excluding hydrogens is 301 g/mol. The van der Waals surface area contributed by atoms with Crippen molar-refractivity contribution in [2.24, 2.45) is 11.0 Å². The Balaban J connectivity index is 2.03. The van der Waals surface area contributed by atoms with E-state index < -0.39 is 23.7 Å². The van der Waals surface area contributed by atoms with Crippen LogP contribution >= 0.6 is 0 Å². The van der Waals surface area contributed by atoms with Gasteiger partial charge >= 0.3 is 12.1 Å². The van der Waals surface area contributed by atoms with E-state index >= 15 is 0 Å². The lowest BCUT2D eigenvalue weighted by Gasteiger charge is -2.37. The molecule has 1 fully saturated rings. The largest absolute Gasteiger partial charge is 0.456 e. The molecule has 1 amide bonds. The normalized spacial score (nSPS) is 28.5. The minimum absolute atomic E-state index is 0.149. The lowest BCUT2D eigenvalue weighted by atomic mass is 9.80. The molecule has 1 saturated carbocycles. The highest BCUT2D eigenvalue weighted by molar-refractivity contribution is 5.98. The van der Waals surface area contributed by atoms with Crippen molar-refractivity contribution in [3.05, 3.63) is 23.7 Å². The summed E-state index contributed by atoms with van der Waals surface area (Å²) >= 11 is 0. The van der Waals surface area contributed by atoms with E-state index in [-0.39, 0.29) is 22.9 Å². The maximum atomic E-state index is 13.5. The lowest BCUT2D eigenvalue weighted by molar-refractivity contribution is -0.312. The molecular formula is C14H15F3N2O3. The summed E-state index contributed by atoms with van der Waals surface area (Å²) in [4.78, 5) is 12.3. The second-order valence-electron chi connectivity index (χ2n) is 5.64. The molecule has 0 radical (unpaired) electrons. The Bertz CT molecular complexity index is 638. The molecule has 0 aromatic carbocycles. The molecule has 22 heavy (non-hydrogen) atoms. The van der Waals surface area contributed by atoms with Crippen LogP contribution in [0.2, 0.25) is 0 Å². The highest BCUT2D eigenvalue weighted by Gasteiger charge is 2.68. The third-order valence-electron chi connectivity index (χ3n) is 4.18. The van der Waals surface area contributed by atoms with Gasteiger partial charge in [-0.3, -0.25) is 4.79 Å². The van der Waals surface area contributed by atoms with Crippen LogP contribution in [0.1, 0.15) is 42.0 Å². The summed E-state index contributed by atoms with van der Waals surface area (Å²) in [5, 5.41) is 14.3. The number of hydrogen-bond donors (Lipinski definition) is 1. The van der Waals surface area contributed by atoms with Crippen molar-refractivity contribution in [2.45, 2.75) is 44.5 Å². The van der Waals surface area contributed by atoms with Crippen molar-refractivity contribution < 1.29 is 27.5 Å². The molecule has 2 aliphatic rings. The minimum Gasteiger partial charge on any atom is -0.456 e. The maximum absolute atomic E-state index is 13.5. The fraction of sp³-hybridized carbons (Fsp3) is 0.571. The number of aliphatic hydroxyl groups is 1. The number of hydrogen-bond acceptors (Lipinski definition) is 4. The number of rotatable bonds is 1. The highest BCUT2D eigenvalue weighted by Crippen LogP contribution is 2.48. The van der Waals surface area contributed by atoms with Crippen molar-refractivity contribution in [1.82, 2.24) is 5.01 Å². The second kappa shape index (κ2) is 4.84. The van der Waals surface area contributed by atoms with Crippen LogP contribution in [0.4, 0.5) is 13.2 Å². The van der Waals surface area contributed by atoms with Gasteiger partial charge in [0.2, 0.25) is 0 Å². The smallest absolute Gasteiger partial charge is 0.439 e. The van der Waals surface area contributed by atoms with Gasteiger partial charge in [-0.1, -0.05) is 6.42 Å². The van der Waals surface area contributed by atoms with Gasteiger partial charge in [0.05, 0.1) is 5.92 Å². The fourth-order valence-electron chi connectivity index (χ4n) is 3.07. The van der Waals surface area contributed by atoms with E-state index in [2.05, 4.69) is 5.10 Å². The van der Waals surface area contributed by atoms with Crippen LogP contribution in [0.3, 0.4) is 0 Å². The summed E-state index contributed by atoms with van der Waals surface area (Å²) in [5.74, 6) is -2.18. The van der Waals surface area contributed by atoms with Gasteiger partial charge in [0.1, 0.15) is 5.76 Å². The Labute approximate surface area is 124 Å². The van der Waals surface area contributed by atoms with E-state index in [0.29, 0.717) is 25.0 Å². The van der Waals surface area contributed by atoms with Gasteiger partial charge in [0, 0.05) is 5.71 Å². The monoisotopic (exact) mass is 316 g/mol. The van der Waals surface area contributed by atoms with Crippen LogP contribution in [0, 0.1) is 12.8 Å². The van der Waals surface area contributed by atoms with E-state index in [0.717, 1.165) is 0 Å². The number of halogens is 3. The van der Waals surface area contributed by atoms with Gasteiger partial charge in [-0.05, 0) is 38.3 Å². The molecule has 3 rings (SSSR count). The summed E-state index contributed by atoms with van der Waals surface area (Å²) in [6.07, 6.45) is -3.24. The summed E-state index contributed by atoms with van der Waals surface area (Å²) in [5.41, 5.74) is -3.08. The zero-order valence-electron chi connectivity index (χ0n) is 11.9. The van der Waals surface area contributed by atoms with Crippen LogP contribution in [0.25, 0.3) is 0 Å². The van der Waals surface area contributed by atoms with Crippen LogP contribution in [-0.2, 0) is 0 Å². The number of amides is 1. The van der Waals surface area contributed by atoms with Gasteiger partial charge in [0.25, 0.3) is 5.72 Å². The number of fused-ring (bicyclic) bond motifs is 1. The summed E-state index contributed by atoms with van der Waals surface area (Å²) in [7, 11) is 0. The number of aryl methyl sites for hydroxylation is 1. The third-order valence-corrected chi connectivity index (χ3v) is 4.18. The molecule has 0 unspecified atom stereocenters. The Morgan fingerprint density at radius 2 is 2.18 bits per heavy atom. The number of nitrogens with zero attached hydrogens (tertiary/aromatic N) is 2. The number of carbonyl (C=O) groups is 1. The predicted octanol–water partition coefficient (Wildman–Crippen LogP) is 2.84. The molecule has 0 bridgehead atoms. The van der Waals surface area contributed by atoms with Crippen molar-refractivity contribution in [2.75, 3.05) is 0 Å². The molecule has 120 valence electrons. The van der Waals surface area contributed by atoms with Crippen molar-refractivity contribution in [3.63, 3.8) is 0 Å². The molecule has 2 heterocycles. The molecule has 1 aliphatic carbocycles. The summed E-state index contributed by atoms with van der Waals surface area (Å²) in [6, 6.07) is 2.74. The fourth-order valence-corrected chi connectivity index (χ4v) is 3.07. The van der Waals surface area contributed by atoms with Crippen LogP contribution < -0.4 is 0 Å². The Morgan fingerprint density at radius 1 is 1.45 bits per heavy atom. The van der Waals surface area contributed by atoms with E-state index in [4.69, 9.17) is 4.42 Å². The first-order valence-corrected chi connectivity index (χ1v) is 7.02. The lowest BCUT2D eigenvalue weighted by Crippen LogP contribution is -2.61. The number of carbonyl (C=O) groups excluding carboxylic acids is 1. The van der Waals surface area contributed by atoms with Gasteiger partial charge < -0.3 is 9.52 Å². The van der Waals surface area contributed by atoms with E-state index in [1.54, 1.807) is 6.92 Å². The Hall–Kier alpha value is -1.83. The standard InChI is InChI=1S/C14H15F3N2O3/c1-8-6-7-11(22-8)12(20)19-13(21,14(15,16)17)9-4-2-3-5-10(9)18-19/h6-7,9,21H,2-5H2,1H3/t9-,13+/m0/s1. The zero-order valence-corrected chi connectivity index (χ0v) is 11.9. The van der Waals surface area contributed by atoms with Crippen LogP contribution in [0.5, 0.6) is 0 Å². The molecule has 1 aromatic heterocycles. The van der Waals surface area contributed by atoms with Gasteiger partial charge in [0.15, 0.2) is 5.76 Å². The molecule has 5 nitrogen and oxygen atoms in total. The van der Waals surface area contributed by atoms with Crippen LogP contribution in [-0.4, -0.2) is 33.6 Å². The van der Waals surface area contributed by atoms with E-state index in [1.165, 1.54) is 12.1 Å². The zero-order chi connectivity index (χ0) is 16.1. The average molecular weight is 316 g/mol. The van der Waals surface area contributed by atoms with Crippen molar-refractivity contribution in [3.8, 4) is 0 Å². The first kappa shape index (κ1) is 15.1. The van der Waals surface area contributed by atoms with E-state index in [9.17, 15) is 23.1 Å². The quantitative estimate of drug-likeness (QED) is 0.866. The first-order valence-electron chi connectivity index (χ1n) is 7.02. The third kappa shape index (κ3) is 2.05. The van der Waals surface area contributed by atoms with Gasteiger partial charge in [-0.25, -0.2) is 0 Å². The molecule has 8 heteroatoms. The molecule has 1 aromatic rings. The summed E-state index contributed by atoms with van der Waals surface area (Å²) in [6.45, 7) is 1.57. The Kier molecular flexibility index (Phi) is 3.32. The first-order chi connectivity index (χ1) is 10.2. The van der Waals surface area contributed by atoms with Crippen molar-refractivity contribution >= 4 is 11.6 Å². The molecule has 1 aliphatic heterocycles. The predicted molar refractivity (Wildman–Crippen MR) is 70.0 cm³/mol. The van der Waals surface area contributed by atoms with Crippen molar-refractivity contribution in [1.29, 1.82) is 0 Å². The molecule has 0 spiro atoms. The van der Waals surface area contributed by atoms with Crippen LogP contribution in [0.15, 0.2) is 21.7 Å². The van der Waals surface area contributed by atoms with E-state index in [1.807, 2.05) is 0 Å². The SMILES string of the molecule is Cc1ccc(C(=O)N2N=C3CCCC[C@@H]3[C@@]2(O)C(F)(F)F)o1. The van der Waals surface area contributed by atoms with Gasteiger partial charge in [-0.15, -0.1) is 0 Å². The highest BCUT2D eigenvalue weighted by atomic mass is 19.4. The molecule has 2 atom stereocenters. The topological polar surface area (TPSA) is 66.0 Å². The minimum atomic E-state index is -5.00. The molecule has 0 saturated heterocycles. The maximum Gasteiger partial charge on any atom is 0.439 e. The van der Waals surface area contributed by atoms with Gasteiger partial charge in [-0.2, -0.15) is 23.3 Å².